The molecular formula is C27H30N2O4. The molecular weight excluding hydrogens is 416 g/mol. The minimum absolute atomic E-state index is 0.00679. The number of pyridine rings is 1. The van der Waals surface area contributed by atoms with Crippen molar-refractivity contribution >= 4 is 28.3 Å². The van der Waals surface area contributed by atoms with Crippen LogP contribution in [-0.4, -0.2) is 23.4 Å². The highest BCUT2D eigenvalue weighted by atomic mass is 16.5. The van der Waals surface area contributed by atoms with Gasteiger partial charge in [0, 0.05) is 35.7 Å². The number of hydrogen-bond donors (Lipinski definition) is 1. The summed E-state index contributed by atoms with van der Waals surface area (Å²) >= 11 is 0. The number of aromatic nitrogens is 1. The molecule has 0 aliphatic heterocycles. The first-order chi connectivity index (χ1) is 15.6. The molecule has 4 rings (SSSR count). The van der Waals surface area contributed by atoms with Crippen LogP contribution in [0.3, 0.4) is 0 Å². The molecule has 0 radical (unpaired) electrons. The lowest BCUT2D eigenvalue weighted by atomic mass is 9.52. The first-order valence-electron chi connectivity index (χ1n) is 11.2. The van der Waals surface area contributed by atoms with Gasteiger partial charge in [0.05, 0.1) is 7.11 Å². The molecule has 1 aromatic heterocycles. The maximum atomic E-state index is 13.2. The van der Waals surface area contributed by atoms with Crippen molar-refractivity contribution in [1.82, 2.24) is 4.57 Å². The van der Waals surface area contributed by atoms with Gasteiger partial charge >= 0.3 is 0 Å². The van der Waals surface area contributed by atoms with Crippen LogP contribution in [0.4, 0.5) is 5.82 Å². The number of amides is 1. The highest BCUT2D eigenvalue weighted by Gasteiger charge is 2.50. The number of carbonyl (C=O) groups excluding carboxylic acids is 2. The predicted molar refractivity (Wildman–Crippen MR) is 130 cm³/mol. The Morgan fingerprint density at radius 1 is 1.12 bits per heavy atom. The predicted octanol–water partition coefficient (Wildman–Crippen LogP) is 4.79. The van der Waals surface area contributed by atoms with Gasteiger partial charge in [-0.15, -0.1) is 0 Å². The number of benzene rings is 2. The van der Waals surface area contributed by atoms with Gasteiger partial charge in [0.2, 0.25) is 5.91 Å². The van der Waals surface area contributed by atoms with Gasteiger partial charge < -0.3 is 10.1 Å². The van der Waals surface area contributed by atoms with Crippen molar-refractivity contribution in [3.63, 3.8) is 0 Å². The van der Waals surface area contributed by atoms with Gasteiger partial charge in [-0.25, -0.2) is 0 Å². The number of hydrogen-bond acceptors (Lipinski definition) is 4. The third-order valence-corrected chi connectivity index (χ3v) is 7.32. The van der Waals surface area contributed by atoms with Gasteiger partial charge in [0.25, 0.3) is 5.56 Å². The molecule has 33 heavy (non-hydrogen) atoms. The molecule has 1 saturated carbocycles. The van der Waals surface area contributed by atoms with Crippen LogP contribution in [-0.2, 0) is 16.6 Å². The zero-order chi connectivity index (χ0) is 23.9. The van der Waals surface area contributed by atoms with Crippen LogP contribution >= 0.6 is 0 Å². The fourth-order valence-electron chi connectivity index (χ4n) is 5.12. The van der Waals surface area contributed by atoms with Crippen molar-refractivity contribution in [2.75, 3.05) is 12.4 Å². The van der Waals surface area contributed by atoms with Crippen LogP contribution in [0.15, 0.2) is 53.3 Å². The van der Waals surface area contributed by atoms with E-state index < -0.39 is 0 Å². The summed E-state index contributed by atoms with van der Waals surface area (Å²) < 4.78 is 6.91. The fraction of sp³-hybridized carbons (Fsp3) is 0.370. The normalized spacial score (nSPS) is 19.1. The van der Waals surface area contributed by atoms with Gasteiger partial charge in [-0.2, -0.15) is 0 Å². The Balaban J connectivity index is 1.77. The van der Waals surface area contributed by atoms with Crippen molar-refractivity contribution in [3.05, 3.63) is 58.9 Å². The average Bonchev–Trinajstić information content (AvgIpc) is 2.79. The standard InChI is InChI=1S/C27H30N2O4/c1-16(30)22-13-18(27(22,2)3)14-23(31)28-25-24(17-9-7-6-8-10-17)21-15-19(33-5)11-12-20(21)26(32)29(25)4/h6-12,15,18,22H,13-14H2,1-5H3,(H,28,31). The molecule has 0 saturated heterocycles. The number of nitrogens with one attached hydrogen (secondary N) is 1. The summed E-state index contributed by atoms with van der Waals surface area (Å²) in [4.78, 5) is 38.2. The number of anilines is 1. The first kappa shape index (κ1) is 22.8. The monoisotopic (exact) mass is 446 g/mol. The molecule has 1 N–H and O–H groups in total. The lowest BCUT2D eigenvalue weighted by Gasteiger charge is -2.51. The largest absolute Gasteiger partial charge is 0.497 e. The number of ether oxygens (including phenoxy) is 1. The molecule has 172 valence electrons. The van der Waals surface area contributed by atoms with Crippen LogP contribution in [0.1, 0.15) is 33.6 Å². The minimum Gasteiger partial charge on any atom is -0.497 e. The number of rotatable bonds is 6. The van der Waals surface area contributed by atoms with E-state index in [2.05, 4.69) is 5.32 Å². The summed E-state index contributed by atoms with van der Waals surface area (Å²) in [6.07, 6.45) is 1.02. The van der Waals surface area contributed by atoms with E-state index in [1.807, 2.05) is 50.2 Å². The fourth-order valence-corrected chi connectivity index (χ4v) is 5.12. The Kier molecular flexibility index (Phi) is 5.87. The summed E-state index contributed by atoms with van der Waals surface area (Å²) in [6, 6.07) is 15.1. The second-order valence-corrected chi connectivity index (χ2v) is 9.53. The van der Waals surface area contributed by atoms with Gasteiger partial charge in [-0.05, 0) is 48.4 Å². The smallest absolute Gasteiger partial charge is 0.259 e. The molecule has 3 aromatic rings. The van der Waals surface area contributed by atoms with Crippen molar-refractivity contribution in [3.8, 4) is 16.9 Å². The van der Waals surface area contributed by atoms with Crippen LogP contribution in [0.25, 0.3) is 21.9 Å². The van der Waals surface area contributed by atoms with E-state index >= 15 is 0 Å². The highest BCUT2D eigenvalue weighted by Crippen LogP contribution is 2.53. The molecule has 0 bridgehead atoms. The van der Waals surface area contributed by atoms with Crippen LogP contribution in [0.5, 0.6) is 5.75 Å². The molecule has 1 amide bonds. The van der Waals surface area contributed by atoms with E-state index in [-0.39, 0.29) is 34.5 Å². The Hall–Kier alpha value is -3.41. The maximum Gasteiger partial charge on any atom is 0.259 e. The quantitative estimate of drug-likeness (QED) is 0.590. The molecule has 6 heteroatoms. The SMILES string of the molecule is COc1ccc2c(=O)n(C)c(NC(=O)CC3CC(C(C)=O)C3(C)C)c(-c3ccccc3)c2c1. The summed E-state index contributed by atoms with van der Waals surface area (Å²) in [6.45, 7) is 5.72. The number of methoxy groups -OCH3 is 1. The minimum atomic E-state index is -0.214. The summed E-state index contributed by atoms with van der Waals surface area (Å²) in [5.74, 6) is 1.21. The van der Waals surface area contributed by atoms with Gasteiger partial charge in [-0.1, -0.05) is 44.2 Å². The molecule has 1 fully saturated rings. The topological polar surface area (TPSA) is 77.4 Å². The lowest BCUT2D eigenvalue weighted by Crippen LogP contribution is -2.49. The highest BCUT2D eigenvalue weighted by molar-refractivity contribution is 6.05. The molecule has 1 aliphatic carbocycles. The molecule has 2 unspecified atom stereocenters. The van der Waals surface area contributed by atoms with Crippen molar-refractivity contribution in [1.29, 1.82) is 0 Å². The Morgan fingerprint density at radius 3 is 2.42 bits per heavy atom. The molecule has 6 nitrogen and oxygen atoms in total. The molecule has 2 aromatic carbocycles. The molecule has 2 atom stereocenters. The van der Waals surface area contributed by atoms with Gasteiger partial charge in [0.15, 0.2) is 0 Å². The van der Waals surface area contributed by atoms with E-state index in [1.54, 1.807) is 33.2 Å². The van der Waals surface area contributed by atoms with E-state index in [1.165, 1.54) is 4.57 Å². The first-order valence-corrected chi connectivity index (χ1v) is 11.2. The zero-order valence-corrected chi connectivity index (χ0v) is 19.8. The van der Waals surface area contributed by atoms with E-state index in [0.717, 1.165) is 22.9 Å². The molecule has 0 spiro atoms. The van der Waals surface area contributed by atoms with E-state index in [0.29, 0.717) is 23.4 Å². The Bertz CT molecular complexity index is 1290. The summed E-state index contributed by atoms with van der Waals surface area (Å²) in [5, 5.41) is 4.30. The summed E-state index contributed by atoms with van der Waals surface area (Å²) in [5.41, 5.74) is 1.26. The third-order valence-electron chi connectivity index (χ3n) is 7.32. The Labute approximate surface area is 193 Å². The third kappa shape index (κ3) is 3.94. The molecule has 1 aliphatic rings. The van der Waals surface area contributed by atoms with Crippen LogP contribution < -0.4 is 15.6 Å². The van der Waals surface area contributed by atoms with E-state index in [9.17, 15) is 14.4 Å². The second-order valence-electron chi connectivity index (χ2n) is 9.53. The van der Waals surface area contributed by atoms with Crippen molar-refractivity contribution in [2.24, 2.45) is 24.3 Å². The summed E-state index contributed by atoms with van der Waals surface area (Å²) in [7, 11) is 3.26. The van der Waals surface area contributed by atoms with Gasteiger partial charge in [-0.3, -0.25) is 19.0 Å². The van der Waals surface area contributed by atoms with Crippen molar-refractivity contribution in [2.45, 2.75) is 33.6 Å². The number of ketones is 1. The average molecular weight is 447 g/mol. The van der Waals surface area contributed by atoms with Crippen LogP contribution in [0, 0.1) is 17.3 Å². The Morgan fingerprint density at radius 2 is 1.82 bits per heavy atom. The maximum absolute atomic E-state index is 13.2. The van der Waals surface area contributed by atoms with E-state index in [4.69, 9.17) is 4.74 Å². The second kappa shape index (κ2) is 8.50. The van der Waals surface area contributed by atoms with Crippen LogP contribution in [0.2, 0.25) is 0 Å². The lowest BCUT2D eigenvalue weighted by molar-refractivity contribution is -0.139. The number of nitrogens with zero attached hydrogens (tertiary/aromatic N) is 1. The number of fused-ring (bicyclic) bond motifs is 1. The van der Waals surface area contributed by atoms with Crippen molar-refractivity contribution < 1.29 is 14.3 Å². The number of carbonyl (C=O) groups is 2. The van der Waals surface area contributed by atoms with Gasteiger partial charge in [0.1, 0.15) is 17.4 Å². The number of Topliss-reactive ketones (excluding diaryl/α,β-unsaturated/α-hetero) is 1. The molecule has 1 heterocycles. The zero-order valence-electron chi connectivity index (χ0n) is 19.8.